The van der Waals surface area contributed by atoms with E-state index in [0.29, 0.717) is 22.4 Å². The van der Waals surface area contributed by atoms with Crippen LogP contribution in [0.2, 0.25) is 0 Å². The van der Waals surface area contributed by atoms with Gasteiger partial charge in [-0.25, -0.2) is 4.79 Å². The minimum Gasteiger partial charge on any atom is -0.335 e. The molecule has 4 rings (SSSR count). The standard InChI is InChI=1S/C24H28N6O3S/c1-17-7-5-6-8-18(17)16-34-24-28-27-22(15-25-23(31)26-19-9-3-2-4-10-19)29(24)20-11-13-21(14-12-20)30(32)33/h5-8,11-14,19H,2-4,9-10,15-16H2,1H3,(H2,25,26,31). The van der Waals surface area contributed by atoms with Crippen LogP contribution in [-0.4, -0.2) is 31.8 Å². The molecule has 0 atom stereocenters. The molecule has 3 aromatic rings. The van der Waals surface area contributed by atoms with E-state index in [-0.39, 0.29) is 24.3 Å². The zero-order valence-electron chi connectivity index (χ0n) is 19.1. The minimum atomic E-state index is -0.429. The Balaban J connectivity index is 1.52. The molecule has 0 saturated heterocycles. The number of rotatable bonds is 8. The number of nitrogens with zero attached hydrogens (tertiary/aromatic N) is 4. The topological polar surface area (TPSA) is 115 Å². The quantitative estimate of drug-likeness (QED) is 0.269. The fraction of sp³-hybridized carbons (Fsp3) is 0.375. The first-order valence-electron chi connectivity index (χ1n) is 11.4. The fourth-order valence-electron chi connectivity index (χ4n) is 4.05. The van der Waals surface area contributed by atoms with Gasteiger partial charge in [0.25, 0.3) is 5.69 Å². The second-order valence-electron chi connectivity index (χ2n) is 8.38. The van der Waals surface area contributed by atoms with Crippen LogP contribution >= 0.6 is 11.8 Å². The van der Waals surface area contributed by atoms with E-state index in [0.717, 1.165) is 25.7 Å². The zero-order chi connectivity index (χ0) is 23.9. The molecule has 0 unspecified atom stereocenters. The Morgan fingerprint density at radius 1 is 1.12 bits per heavy atom. The van der Waals surface area contributed by atoms with Crippen LogP contribution in [0.15, 0.2) is 53.7 Å². The number of non-ortho nitro benzene ring substituents is 1. The molecule has 1 heterocycles. The monoisotopic (exact) mass is 480 g/mol. The molecule has 1 aliphatic rings. The molecule has 2 N–H and O–H groups in total. The molecule has 0 aliphatic heterocycles. The second kappa shape index (κ2) is 11.1. The van der Waals surface area contributed by atoms with Gasteiger partial charge < -0.3 is 10.6 Å². The minimum absolute atomic E-state index is 0.0115. The van der Waals surface area contributed by atoms with E-state index in [4.69, 9.17) is 0 Å². The molecule has 2 amide bonds. The van der Waals surface area contributed by atoms with Gasteiger partial charge in [0.15, 0.2) is 11.0 Å². The summed E-state index contributed by atoms with van der Waals surface area (Å²) in [7, 11) is 0. The van der Waals surface area contributed by atoms with Gasteiger partial charge in [0.2, 0.25) is 0 Å². The number of nitro groups is 1. The number of nitro benzene ring substituents is 1. The number of thioether (sulfide) groups is 1. The molecule has 1 aliphatic carbocycles. The van der Waals surface area contributed by atoms with Crippen molar-refractivity contribution in [2.24, 2.45) is 0 Å². The molecule has 0 spiro atoms. The normalized spacial score (nSPS) is 14.0. The average Bonchev–Trinajstić information content (AvgIpc) is 3.25. The molecule has 10 heteroatoms. The molecular formula is C24H28N6O3S. The predicted molar refractivity (Wildman–Crippen MR) is 131 cm³/mol. The van der Waals surface area contributed by atoms with Crippen LogP contribution < -0.4 is 10.6 Å². The Morgan fingerprint density at radius 2 is 1.85 bits per heavy atom. The van der Waals surface area contributed by atoms with Crippen molar-refractivity contribution in [3.8, 4) is 5.69 Å². The van der Waals surface area contributed by atoms with Gasteiger partial charge in [-0.3, -0.25) is 14.7 Å². The number of amides is 2. The number of nitrogens with one attached hydrogen (secondary N) is 2. The first-order chi connectivity index (χ1) is 16.5. The van der Waals surface area contributed by atoms with Crippen molar-refractivity contribution in [1.29, 1.82) is 0 Å². The van der Waals surface area contributed by atoms with Crippen molar-refractivity contribution < 1.29 is 9.72 Å². The molecule has 9 nitrogen and oxygen atoms in total. The van der Waals surface area contributed by atoms with Crippen LogP contribution in [0.4, 0.5) is 10.5 Å². The summed E-state index contributed by atoms with van der Waals surface area (Å²) < 4.78 is 1.84. The Bertz CT molecular complexity index is 1140. The van der Waals surface area contributed by atoms with Gasteiger partial charge >= 0.3 is 6.03 Å². The lowest BCUT2D eigenvalue weighted by Gasteiger charge is -2.22. The number of hydrogen-bond acceptors (Lipinski definition) is 6. The van der Waals surface area contributed by atoms with Gasteiger partial charge in [0.1, 0.15) is 0 Å². The Kier molecular flexibility index (Phi) is 7.79. The van der Waals surface area contributed by atoms with Crippen LogP contribution in [0.3, 0.4) is 0 Å². The Hall–Kier alpha value is -3.40. The first kappa shape index (κ1) is 23.7. The number of aromatic nitrogens is 3. The maximum absolute atomic E-state index is 12.4. The van der Waals surface area contributed by atoms with Crippen molar-refractivity contribution in [2.45, 2.75) is 62.5 Å². The summed E-state index contributed by atoms with van der Waals surface area (Å²) in [5.74, 6) is 1.26. The van der Waals surface area contributed by atoms with Crippen molar-refractivity contribution in [2.75, 3.05) is 0 Å². The molecule has 2 aromatic carbocycles. The van der Waals surface area contributed by atoms with Crippen molar-refractivity contribution in [3.05, 3.63) is 75.6 Å². The molecule has 0 bridgehead atoms. The number of hydrogen-bond donors (Lipinski definition) is 2. The van der Waals surface area contributed by atoms with Crippen LogP contribution in [0.5, 0.6) is 0 Å². The third kappa shape index (κ3) is 5.93. The highest BCUT2D eigenvalue weighted by atomic mass is 32.2. The smallest absolute Gasteiger partial charge is 0.315 e. The number of aryl methyl sites for hydroxylation is 1. The predicted octanol–water partition coefficient (Wildman–Crippen LogP) is 4.91. The van der Waals surface area contributed by atoms with Crippen LogP contribution in [-0.2, 0) is 12.3 Å². The van der Waals surface area contributed by atoms with E-state index in [9.17, 15) is 14.9 Å². The maximum atomic E-state index is 12.4. The van der Waals surface area contributed by atoms with Gasteiger partial charge in [-0.2, -0.15) is 0 Å². The summed E-state index contributed by atoms with van der Waals surface area (Å²) in [4.78, 5) is 23.1. The average molecular weight is 481 g/mol. The second-order valence-corrected chi connectivity index (χ2v) is 9.33. The number of benzene rings is 2. The maximum Gasteiger partial charge on any atom is 0.315 e. The van der Waals surface area contributed by atoms with Crippen molar-refractivity contribution >= 4 is 23.5 Å². The Labute approximate surface area is 202 Å². The highest BCUT2D eigenvalue weighted by Gasteiger charge is 2.19. The van der Waals surface area contributed by atoms with E-state index in [1.54, 1.807) is 12.1 Å². The SMILES string of the molecule is Cc1ccccc1CSc1nnc(CNC(=O)NC2CCCCC2)n1-c1ccc([N+](=O)[O-])cc1. The number of carbonyl (C=O) groups is 1. The summed E-state index contributed by atoms with van der Waals surface area (Å²) >= 11 is 1.53. The lowest BCUT2D eigenvalue weighted by atomic mass is 9.96. The van der Waals surface area contributed by atoms with E-state index in [1.165, 1.54) is 41.4 Å². The van der Waals surface area contributed by atoms with E-state index >= 15 is 0 Å². The van der Waals surface area contributed by atoms with E-state index < -0.39 is 4.92 Å². The van der Waals surface area contributed by atoms with Crippen LogP contribution in [0.1, 0.15) is 49.1 Å². The van der Waals surface area contributed by atoms with Gasteiger partial charge in [-0.1, -0.05) is 55.3 Å². The summed E-state index contributed by atoms with van der Waals surface area (Å²) in [5, 5.41) is 26.3. The fourth-order valence-corrected chi connectivity index (χ4v) is 5.10. The first-order valence-corrected chi connectivity index (χ1v) is 12.4. The zero-order valence-corrected chi connectivity index (χ0v) is 19.9. The molecule has 0 radical (unpaired) electrons. The van der Waals surface area contributed by atoms with Gasteiger partial charge in [-0.05, 0) is 43.0 Å². The summed E-state index contributed by atoms with van der Waals surface area (Å²) in [6.45, 7) is 2.25. The lowest BCUT2D eigenvalue weighted by molar-refractivity contribution is -0.384. The van der Waals surface area contributed by atoms with E-state index in [1.807, 2.05) is 16.7 Å². The van der Waals surface area contributed by atoms with Gasteiger partial charge in [0.05, 0.1) is 11.5 Å². The number of urea groups is 1. The van der Waals surface area contributed by atoms with Crippen LogP contribution in [0.25, 0.3) is 5.69 Å². The third-order valence-electron chi connectivity index (χ3n) is 5.98. The molecule has 1 aromatic heterocycles. The Morgan fingerprint density at radius 3 is 2.56 bits per heavy atom. The number of carbonyl (C=O) groups excluding carboxylic acids is 1. The van der Waals surface area contributed by atoms with Crippen LogP contribution in [0, 0.1) is 17.0 Å². The summed E-state index contributed by atoms with van der Waals surface area (Å²) in [5.41, 5.74) is 3.10. The third-order valence-corrected chi connectivity index (χ3v) is 6.96. The molecule has 1 saturated carbocycles. The lowest BCUT2D eigenvalue weighted by Crippen LogP contribution is -2.42. The molecule has 178 valence electrons. The van der Waals surface area contributed by atoms with Crippen molar-refractivity contribution in [1.82, 2.24) is 25.4 Å². The molecule has 34 heavy (non-hydrogen) atoms. The summed E-state index contributed by atoms with van der Waals surface area (Å²) in [6, 6.07) is 14.4. The molecule has 1 fully saturated rings. The van der Waals surface area contributed by atoms with Crippen molar-refractivity contribution in [3.63, 3.8) is 0 Å². The van der Waals surface area contributed by atoms with Gasteiger partial charge in [-0.15, -0.1) is 10.2 Å². The highest BCUT2D eigenvalue weighted by molar-refractivity contribution is 7.98. The van der Waals surface area contributed by atoms with Gasteiger partial charge in [0, 0.05) is 29.6 Å². The molecular weight excluding hydrogens is 452 g/mol. The highest BCUT2D eigenvalue weighted by Crippen LogP contribution is 2.27. The largest absolute Gasteiger partial charge is 0.335 e. The summed E-state index contributed by atoms with van der Waals surface area (Å²) in [6.07, 6.45) is 5.51. The van der Waals surface area contributed by atoms with E-state index in [2.05, 4.69) is 39.9 Å².